The van der Waals surface area contributed by atoms with E-state index in [2.05, 4.69) is 19.2 Å². The van der Waals surface area contributed by atoms with Gasteiger partial charge in [-0.1, -0.05) is 309 Å². The van der Waals surface area contributed by atoms with Crippen molar-refractivity contribution in [1.29, 1.82) is 0 Å². The van der Waals surface area contributed by atoms with Gasteiger partial charge in [0.25, 0.3) is 0 Å². The summed E-state index contributed by atoms with van der Waals surface area (Å²) in [5, 5.41) is 23.2. The van der Waals surface area contributed by atoms with Gasteiger partial charge in [0.2, 0.25) is 5.91 Å². The van der Waals surface area contributed by atoms with Crippen LogP contribution in [0.1, 0.15) is 328 Å². The Labute approximate surface area is 372 Å². The minimum atomic E-state index is -0.653. The molecule has 0 aromatic heterocycles. The van der Waals surface area contributed by atoms with Crippen molar-refractivity contribution in [1.82, 2.24) is 5.32 Å². The second-order valence-electron chi connectivity index (χ2n) is 19.4. The normalized spacial score (nSPS) is 12.7. The zero-order valence-corrected chi connectivity index (χ0v) is 40.8. The molecule has 0 rings (SSSR count). The van der Waals surface area contributed by atoms with Gasteiger partial charge in [-0.25, -0.2) is 0 Å². The summed E-state index contributed by atoms with van der Waals surface area (Å²) in [5.41, 5.74) is 0. The van der Waals surface area contributed by atoms with Crippen molar-refractivity contribution >= 4 is 5.91 Å². The smallest absolute Gasteiger partial charge is 0.220 e. The minimum Gasteiger partial charge on any atom is -0.394 e. The number of carbonyl (C=O) groups is 1. The number of hydrogen-bond acceptors (Lipinski definition) is 3. The summed E-state index contributed by atoms with van der Waals surface area (Å²) in [6.45, 7) is 4.39. The Bertz CT molecular complexity index is 773. The first-order chi connectivity index (χ1) is 29.2. The van der Waals surface area contributed by atoms with E-state index in [9.17, 15) is 15.0 Å². The number of amides is 1. The number of nitrogens with one attached hydrogen (secondary N) is 1. The number of aliphatic hydroxyl groups excluding tert-OH is 2. The van der Waals surface area contributed by atoms with Gasteiger partial charge in [0.1, 0.15) is 0 Å². The van der Waals surface area contributed by atoms with Gasteiger partial charge in [-0.15, -0.1) is 0 Å². The molecule has 4 heteroatoms. The summed E-state index contributed by atoms with van der Waals surface area (Å²) < 4.78 is 0. The van der Waals surface area contributed by atoms with Gasteiger partial charge in [-0.2, -0.15) is 0 Å². The van der Waals surface area contributed by atoms with Gasteiger partial charge in [0.05, 0.1) is 18.8 Å². The number of carbonyl (C=O) groups excluding carboxylic acids is 1. The zero-order chi connectivity index (χ0) is 42.8. The second-order valence-corrected chi connectivity index (χ2v) is 19.4. The van der Waals surface area contributed by atoms with Crippen molar-refractivity contribution in [3.05, 3.63) is 0 Å². The topological polar surface area (TPSA) is 69.6 Å². The molecule has 2 atom stereocenters. The molecular formula is C55H111NO3. The highest BCUT2D eigenvalue weighted by molar-refractivity contribution is 5.76. The van der Waals surface area contributed by atoms with Crippen molar-refractivity contribution in [2.45, 2.75) is 341 Å². The zero-order valence-electron chi connectivity index (χ0n) is 40.8. The highest BCUT2D eigenvalue weighted by atomic mass is 16.3. The van der Waals surface area contributed by atoms with E-state index >= 15 is 0 Å². The van der Waals surface area contributed by atoms with Crippen LogP contribution >= 0.6 is 0 Å². The number of aliphatic hydroxyl groups is 2. The van der Waals surface area contributed by atoms with E-state index in [0.29, 0.717) is 12.8 Å². The number of unbranched alkanes of at least 4 members (excludes halogenated alkanes) is 45. The molecule has 0 aromatic rings. The van der Waals surface area contributed by atoms with E-state index in [0.717, 1.165) is 25.7 Å². The summed E-state index contributed by atoms with van der Waals surface area (Å²) >= 11 is 0. The van der Waals surface area contributed by atoms with E-state index in [-0.39, 0.29) is 12.5 Å². The van der Waals surface area contributed by atoms with Gasteiger partial charge < -0.3 is 15.5 Å². The Morgan fingerprint density at radius 1 is 0.339 bits per heavy atom. The van der Waals surface area contributed by atoms with Crippen molar-refractivity contribution in [3.63, 3.8) is 0 Å². The van der Waals surface area contributed by atoms with Crippen LogP contribution < -0.4 is 5.32 Å². The van der Waals surface area contributed by atoms with E-state index in [1.54, 1.807) is 0 Å². The maximum Gasteiger partial charge on any atom is 0.220 e. The molecule has 0 saturated heterocycles. The number of rotatable bonds is 52. The quantitative estimate of drug-likeness (QED) is 0.0535. The van der Waals surface area contributed by atoms with Gasteiger partial charge in [-0.05, 0) is 12.8 Å². The fourth-order valence-corrected chi connectivity index (χ4v) is 9.13. The maximum atomic E-state index is 12.4. The van der Waals surface area contributed by atoms with Crippen LogP contribution in [0.25, 0.3) is 0 Å². The molecule has 0 aliphatic carbocycles. The van der Waals surface area contributed by atoms with Crippen molar-refractivity contribution in [3.8, 4) is 0 Å². The Kier molecular flexibility index (Phi) is 51.2. The van der Waals surface area contributed by atoms with Crippen LogP contribution in [0.15, 0.2) is 0 Å². The van der Waals surface area contributed by atoms with Crippen LogP contribution in [0.4, 0.5) is 0 Å². The van der Waals surface area contributed by atoms with Crippen molar-refractivity contribution < 1.29 is 15.0 Å². The first-order valence-corrected chi connectivity index (χ1v) is 27.7. The molecule has 0 aliphatic heterocycles. The molecule has 0 bridgehead atoms. The average molecular weight is 834 g/mol. The molecule has 0 fully saturated rings. The van der Waals surface area contributed by atoms with Crippen LogP contribution in [0.5, 0.6) is 0 Å². The third kappa shape index (κ3) is 48.3. The molecule has 0 aliphatic rings. The predicted molar refractivity (Wildman–Crippen MR) is 263 cm³/mol. The lowest BCUT2D eigenvalue weighted by Crippen LogP contribution is -2.45. The van der Waals surface area contributed by atoms with Gasteiger partial charge >= 0.3 is 0 Å². The highest BCUT2D eigenvalue weighted by Crippen LogP contribution is 2.18. The summed E-state index contributed by atoms with van der Waals surface area (Å²) in [5.74, 6) is -0.0242. The SMILES string of the molecule is CCCCCCCCCCCCCCCCCCCCCCCCCCCCCCCCCCCCCC(=O)N[C@@H](CO)[C@H](O)CCCCCCCCCCCCCC. The monoisotopic (exact) mass is 834 g/mol. The van der Waals surface area contributed by atoms with Crippen LogP contribution in [0.2, 0.25) is 0 Å². The van der Waals surface area contributed by atoms with Crippen molar-refractivity contribution in [2.75, 3.05) is 6.61 Å². The fraction of sp³-hybridized carbons (Fsp3) is 0.982. The van der Waals surface area contributed by atoms with Gasteiger partial charge in [0, 0.05) is 6.42 Å². The molecule has 354 valence electrons. The van der Waals surface area contributed by atoms with Crippen molar-refractivity contribution in [2.24, 2.45) is 0 Å². The molecule has 0 aromatic carbocycles. The predicted octanol–water partition coefficient (Wildman–Crippen LogP) is 18.0. The summed E-state index contributed by atoms with van der Waals surface area (Å²) in [6, 6.07) is -0.529. The first kappa shape index (κ1) is 58.4. The molecule has 4 nitrogen and oxygen atoms in total. The van der Waals surface area contributed by atoms with E-state index < -0.39 is 12.1 Å². The fourth-order valence-electron chi connectivity index (χ4n) is 9.13. The van der Waals surface area contributed by atoms with E-state index in [4.69, 9.17) is 0 Å². The van der Waals surface area contributed by atoms with Crippen LogP contribution in [0.3, 0.4) is 0 Å². The number of hydrogen-bond donors (Lipinski definition) is 3. The van der Waals surface area contributed by atoms with Crippen LogP contribution in [-0.2, 0) is 4.79 Å². The third-order valence-electron chi connectivity index (χ3n) is 13.4. The Hall–Kier alpha value is -0.610. The highest BCUT2D eigenvalue weighted by Gasteiger charge is 2.20. The average Bonchev–Trinajstić information content (AvgIpc) is 3.24. The molecule has 0 spiro atoms. The summed E-state index contributed by atoms with van der Waals surface area (Å²) in [7, 11) is 0. The van der Waals surface area contributed by atoms with Gasteiger partial charge in [-0.3, -0.25) is 4.79 Å². The summed E-state index contributed by atoms with van der Waals surface area (Å²) in [6.07, 6.45) is 65.4. The first-order valence-electron chi connectivity index (χ1n) is 27.7. The Balaban J connectivity index is 3.32. The largest absolute Gasteiger partial charge is 0.394 e. The molecule has 0 saturated carbocycles. The molecule has 0 radical (unpaired) electrons. The Morgan fingerprint density at radius 2 is 0.542 bits per heavy atom. The Morgan fingerprint density at radius 3 is 0.763 bits per heavy atom. The van der Waals surface area contributed by atoms with Crippen LogP contribution in [-0.4, -0.2) is 34.9 Å². The van der Waals surface area contributed by atoms with E-state index in [1.165, 1.54) is 276 Å². The van der Waals surface area contributed by atoms with E-state index in [1.807, 2.05) is 0 Å². The molecular weight excluding hydrogens is 723 g/mol. The molecule has 0 heterocycles. The molecule has 0 unspecified atom stereocenters. The standard InChI is InChI=1S/C55H111NO3/c1-3-5-7-9-11-13-15-17-18-19-20-21-22-23-24-25-26-27-28-29-30-31-32-33-34-35-36-37-38-39-41-43-45-47-49-51-55(59)56-53(52-57)54(58)50-48-46-44-42-40-16-14-12-10-8-6-4-2/h53-54,57-58H,3-52H2,1-2H3,(H,56,59)/t53-,54+/m0/s1. The van der Waals surface area contributed by atoms with Gasteiger partial charge in [0.15, 0.2) is 0 Å². The maximum absolute atomic E-state index is 12.4. The molecule has 3 N–H and O–H groups in total. The second kappa shape index (κ2) is 51.7. The third-order valence-corrected chi connectivity index (χ3v) is 13.4. The lowest BCUT2D eigenvalue weighted by atomic mass is 10.0. The molecule has 59 heavy (non-hydrogen) atoms. The lowest BCUT2D eigenvalue weighted by molar-refractivity contribution is -0.123. The molecule has 1 amide bonds. The minimum absolute atomic E-state index is 0.0242. The lowest BCUT2D eigenvalue weighted by Gasteiger charge is -2.22. The summed E-state index contributed by atoms with van der Waals surface area (Å²) in [4.78, 5) is 12.4. The van der Waals surface area contributed by atoms with Crippen LogP contribution in [0, 0.1) is 0 Å².